The average molecular weight is 221 g/mol. The van der Waals surface area contributed by atoms with Crippen LogP contribution in [-0.2, 0) is 0 Å². The van der Waals surface area contributed by atoms with Crippen LogP contribution in [0.3, 0.4) is 0 Å². The lowest BCUT2D eigenvalue weighted by Gasteiger charge is -2.22. The predicted octanol–water partition coefficient (Wildman–Crippen LogP) is 2.11. The van der Waals surface area contributed by atoms with Crippen LogP contribution in [0.15, 0.2) is 4.52 Å². The molecule has 88 valence electrons. The summed E-state index contributed by atoms with van der Waals surface area (Å²) in [5, 5.41) is 3.88. The maximum atomic E-state index is 5.27. The Kier molecular flexibility index (Phi) is 2.67. The Bertz CT molecular complexity index is 357. The molecule has 0 radical (unpaired) electrons. The average Bonchev–Trinajstić information content (AvgIpc) is 2.97. The van der Waals surface area contributed by atoms with Crippen molar-refractivity contribution < 1.29 is 4.52 Å². The minimum absolute atomic E-state index is 0.474. The molecule has 4 heteroatoms. The van der Waals surface area contributed by atoms with Crippen LogP contribution in [0.2, 0.25) is 0 Å². The molecule has 1 aromatic heterocycles. The van der Waals surface area contributed by atoms with Gasteiger partial charge in [-0.05, 0) is 32.7 Å². The molecule has 1 aromatic rings. The minimum atomic E-state index is 0.474. The molecular weight excluding hydrogens is 202 g/mol. The Hall–Kier alpha value is -0.900. The third kappa shape index (κ3) is 1.86. The van der Waals surface area contributed by atoms with Crippen LogP contribution in [0.4, 0.5) is 0 Å². The number of hydrogen-bond acceptors (Lipinski definition) is 4. The molecule has 1 aliphatic carbocycles. The van der Waals surface area contributed by atoms with Crippen LogP contribution in [-0.4, -0.2) is 34.2 Å². The number of nitrogens with zero attached hydrogens (tertiary/aromatic N) is 3. The highest BCUT2D eigenvalue weighted by Gasteiger charge is 2.32. The van der Waals surface area contributed by atoms with E-state index in [2.05, 4.69) is 15.0 Å². The van der Waals surface area contributed by atoms with E-state index >= 15 is 0 Å². The maximum Gasteiger partial charge on any atom is 0.231 e. The Morgan fingerprint density at radius 3 is 2.75 bits per heavy atom. The molecule has 0 spiro atoms. The fourth-order valence-corrected chi connectivity index (χ4v) is 3.07. The molecule has 2 heterocycles. The van der Waals surface area contributed by atoms with Gasteiger partial charge < -0.3 is 4.52 Å². The molecule has 4 nitrogen and oxygen atoms in total. The van der Waals surface area contributed by atoms with Crippen molar-refractivity contribution in [2.75, 3.05) is 13.1 Å². The standard InChI is InChI=1S/C12H19N3O/c1-9-13-12(16-14-9)10-6-7-15(8-10)11-4-2-3-5-11/h10-11H,2-8H2,1H3. The van der Waals surface area contributed by atoms with Gasteiger partial charge in [-0.15, -0.1) is 0 Å². The van der Waals surface area contributed by atoms with E-state index in [-0.39, 0.29) is 0 Å². The molecule has 1 unspecified atom stereocenters. The first-order valence-electron chi connectivity index (χ1n) is 6.37. The Morgan fingerprint density at radius 2 is 2.06 bits per heavy atom. The van der Waals surface area contributed by atoms with E-state index in [0.717, 1.165) is 24.3 Å². The summed E-state index contributed by atoms with van der Waals surface area (Å²) in [5.74, 6) is 2.08. The van der Waals surface area contributed by atoms with Gasteiger partial charge in [0.1, 0.15) is 0 Å². The van der Waals surface area contributed by atoms with Gasteiger partial charge in [0.25, 0.3) is 0 Å². The third-order valence-corrected chi connectivity index (χ3v) is 3.95. The zero-order valence-electron chi connectivity index (χ0n) is 9.85. The highest BCUT2D eigenvalue weighted by atomic mass is 16.5. The van der Waals surface area contributed by atoms with Crippen LogP contribution in [0.1, 0.15) is 49.7 Å². The number of aryl methyl sites for hydroxylation is 1. The number of rotatable bonds is 2. The van der Waals surface area contributed by atoms with E-state index in [4.69, 9.17) is 4.52 Å². The number of hydrogen-bond donors (Lipinski definition) is 0. The minimum Gasteiger partial charge on any atom is -0.339 e. The van der Waals surface area contributed by atoms with Crippen molar-refractivity contribution >= 4 is 0 Å². The molecule has 0 N–H and O–H groups in total. The van der Waals surface area contributed by atoms with Gasteiger partial charge >= 0.3 is 0 Å². The molecule has 0 aromatic carbocycles. The smallest absolute Gasteiger partial charge is 0.231 e. The molecule has 0 bridgehead atoms. The topological polar surface area (TPSA) is 42.2 Å². The SMILES string of the molecule is Cc1noc(C2CCN(C3CCCC3)C2)n1. The second kappa shape index (κ2) is 4.17. The van der Waals surface area contributed by atoms with Crippen LogP contribution in [0, 0.1) is 6.92 Å². The quantitative estimate of drug-likeness (QED) is 0.767. The van der Waals surface area contributed by atoms with E-state index < -0.39 is 0 Å². The van der Waals surface area contributed by atoms with E-state index in [1.807, 2.05) is 6.92 Å². The van der Waals surface area contributed by atoms with Crippen LogP contribution in [0.25, 0.3) is 0 Å². The molecule has 16 heavy (non-hydrogen) atoms. The van der Waals surface area contributed by atoms with Crippen molar-refractivity contribution in [3.8, 4) is 0 Å². The molecule has 1 saturated carbocycles. The lowest BCUT2D eigenvalue weighted by atomic mass is 10.1. The van der Waals surface area contributed by atoms with Crippen LogP contribution < -0.4 is 0 Å². The molecule has 1 saturated heterocycles. The normalized spacial score (nSPS) is 27.9. The Morgan fingerprint density at radius 1 is 1.25 bits per heavy atom. The highest BCUT2D eigenvalue weighted by molar-refractivity contribution is 4.99. The van der Waals surface area contributed by atoms with Gasteiger partial charge in [-0.25, -0.2) is 0 Å². The summed E-state index contributed by atoms with van der Waals surface area (Å²) in [6.45, 7) is 4.21. The van der Waals surface area contributed by atoms with Crippen LogP contribution in [0.5, 0.6) is 0 Å². The van der Waals surface area contributed by atoms with E-state index in [0.29, 0.717) is 5.92 Å². The van der Waals surface area contributed by atoms with Crippen molar-refractivity contribution in [1.82, 2.24) is 15.0 Å². The Balaban J connectivity index is 1.64. The molecule has 2 fully saturated rings. The second-order valence-corrected chi connectivity index (χ2v) is 5.10. The van der Waals surface area contributed by atoms with Crippen molar-refractivity contribution in [3.05, 3.63) is 11.7 Å². The summed E-state index contributed by atoms with van der Waals surface area (Å²) < 4.78 is 5.27. The largest absolute Gasteiger partial charge is 0.339 e. The van der Waals surface area contributed by atoms with Gasteiger partial charge in [-0.2, -0.15) is 4.98 Å². The lowest BCUT2D eigenvalue weighted by molar-refractivity contribution is 0.238. The highest BCUT2D eigenvalue weighted by Crippen LogP contribution is 2.32. The number of aromatic nitrogens is 2. The summed E-state index contributed by atoms with van der Waals surface area (Å²) in [6, 6.07) is 0.828. The van der Waals surface area contributed by atoms with Crippen molar-refractivity contribution in [1.29, 1.82) is 0 Å². The maximum absolute atomic E-state index is 5.27. The van der Waals surface area contributed by atoms with Gasteiger partial charge in [0.2, 0.25) is 5.89 Å². The van der Waals surface area contributed by atoms with Crippen molar-refractivity contribution in [3.63, 3.8) is 0 Å². The fourth-order valence-electron chi connectivity index (χ4n) is 3.07. The van der Waals surface area contributed by atoms with E-state index in [1.165, 1.54) is 38.6 Å². The van der Waals surface area contributed by atoms with Gasteiger partial charge in [-0.3, -0.25) is 4.90 Å². The summed E-state index contributed by atoms with van der Waals surface area (Å²) in [4.78, 5) is 6.97. The fraction of sp³-hybridized carbons (Fsp3) is 0.833. The predicted molar refractivity (Wildman–Crippen MR) is 60.2 cm³/mol. The monoisotopic (exact) mass is 221 g/mol. The van der Waals surface area contributed by atoms with E-state index in [9.17, 15) is 0 Å². The van der Waals surface area contributed by atoms with Crippen molar-refractivity contribution in [2.24, 2.45) is 0 Å². The summed E-state index contributed by atoms with van der Waals surface area (Å²) in [6.07, 6.45) is 6.76. The summed E-state index contributed by atoms with van der Waals surface area (Å²) in [7, 11) is 0. The summed E-state index contributed by atoms with van der Waals surface area (Å²) in [5.41, 5.74) is 0. The second-order valence-electron chi connectivity index (χ2n) is 5.10. The van der Waals surface area contributed by atoms with Gasteiger partial charge in [0, 0.05) is 12.6 Å². The van der Waals surface area contributed by atoms with Crippen molar-refractivity contribution in [2.45, 2.75) is 51.0 Å². The van der Waals surface area contributed by atoms with Gasteiger partial charge in [-0.1, -0.05) is 18.0 Å². The third-order valence-electron chi connectivity index (χ3n) is 3.95. The first kappa shape index (κ1) is 10.3. The lowest BCUT2D eigenvalue weighted by Crippen LogP contribution is -2.30. The van der Waals surface area contributed by atoms with Gasteiger partial charge in [0.15, 0.2) is 5.82 Å². The van der Waals surface area contributed by atoms with Gasteiger partial charge in [0.05, 0.1) is 5.92 Å². The molecule has 2 aliphatic rings. The molecule has 1 atom stereocenters. The van der Waals surface area contributed by atoms with E-state index in [1.54, 1.807) is 0 Å². The molecule has 3 rings (SSSR count). The van der Waals surface area contributed by atoms with Crippen LogP contribution >= 0.6 is 0 Å². The number of likely N-dealkylation sites (tertiary alicyclic amines) is 1. The molecule has 0 amide bonds. The first-order valence-corrected chi connectivity index (χ1v) is 6.37. The molecular formula is C12H19N3O. The molecule has 1 aliphatic heterocycles. The zero-order valence-corrected chi connectivity index (χ0v) is 9.85. The Labute approximate surface area is 96.0 Å². The summed E-state index contributed by atoms with van der Waals surface area (Å²) >= 11 is 0. The zero-order chi connectivity index (χ0) is 11.0. The first-order chi connectivity index (χ1) is 7.83.